The molecule has 6 nitrogen and oxygen atoms in total. The number of aliphatic hydroxyl groups excluding tert-OH is 1. The molecule has 1 heterocycles. The van der Waals surface area contributed by atoms with Gasteiger partial charge in [0.1, 0.15) is 11.5 Å². The molecule has 0 saturated carbocycles. The van der Waals surface area contributed by atoms with Crippen molar-refractivity contribution in [2.75, 3.05) is 30.0 Å². The lowest BCUT2D eigenvalue weighted by Crippen LogP contribution is -2.29. The Bertz CT molecular complexity index is 1380. The minimum absolute atomic E-state index is 0.105. The average Bonchev–Trinajstić information content (AvgIpc) is 3.14. The zero-order chi connectivity index (χ0) is 26.9. The molecule has 0 aliphatic carbocycles. The van der Waals surface area contributed by atoms with Gasteiger partial charge in [0, 0.05) is 34.5 Å². The predicted molar refractivity (Wildman–Crippen MR) is 149 cm³/mol. The number of benzene rings is 3. The third-order valence-electron chi connectivity index (χ3n) is 6.34. The van der Waals surface area contributed by atoms with Gasteiger partial charge in [-0.2, -0.15) is 0 Å². The average molecular weight is 560 g/mol. The lowest BCUT2D eigenvalue weighted by Gasteiger charge is -2.27. The molecular formula is C28H25Cl3N2O4. The van der Waals surface area contributed by atoms with Crippen molar-refractivity contribution in [3.63, 3.8) is 0 Å². The van der Waals surface area contributed by atoms with Crippen molar-refractivity contribution in [3.05, 3.63) is 92.4 Å². The van der Waals surface area contributed by atoms with E-state index in [-0.39, 0.29) is 26.9 Å². The second-order valence-corrected chi connectivity index (χ2v) is 9.66. The number of halogens is 3. The zero-order valence-electron chi connectivity index (χ0n) is 20.5. The van der Waals surface area contributed by atoms with Crippen LogP contribution in [0.5, 0.6) is 5.75 Å². The highest BCUT2D eigenvalue weighted by Crippen LogP contribution is 2.45. The lowest BCUT2D eigenvalue weighted by molar-refractivity contribution is -0.132. The summed E-state index contributed by atoms with van der Waals surface area (Å²) < 4.78 is 5.39. The summed E-state index contributed by atoms with van der Waals surface area (Å²) in [5, 5.41) is 12.3. The molecule has 0 aromatic heterocycles. The third-order valence-corrected chi connectivity index (χ3v) is 7.07. The number of ether oxygens (including phenoxy) is 1. The van der Waals surface area contributed by atoms with E-state index in [1.807, 2.05) is 24.3 Å². The summed E-state index contributed by atoms with van der Waals surface area (Å²) in [6, 6.07) is 16.2. The van der Waals surface area contributed by atoms with Crippen molar-refractivity contribution < 1.29 is 19.4 Å². The van der Waals surface area contributed by atoms with E-state index in [9.17, 15) is 14.7 Å². The molecule has 0 bridgehead atoms. The van der Waals surface area contributed by atoms with Crippen LogP contribution in [-0.2, 0) is 9.59 Å². The second-order valence-electron chi connectivity index (χ2n) is 8.38. The summed E-state index contributed by atoms with van der Waals surface area (Å²) in [5.74, 6) is -1.96. The van der Waals surface area contributed by atoms with E-state index in [0.717, 1.165) is 18.8 Å². The second kappa shape index (κ2) is 11.1. The fraction of sp³-hybridized carbons (Fsp3) is 0.214. The Kier molecular flexibility index (Phi) is 8.02. The van der Waals surface area contributed by atoms with Crippen molar-refractivity contribution in [3.8, 4) is 5.75 Å². The first-order chi connectivity index (χ1) is 17.7. The molecule has 1 saturated heterocycles. The minimum Gasteiger partial charge on any atom is -0.507 e. The van der Waals surface area contributed by atoms with Crippen LogP contribution in [0.3, 0.4) is 0 Å². The molecule has 37 heavy (non-hydrogen) atoms. The highest BCUT2D eigenvalue weighted by atomic mass is 35.5. The highest BCUT2D eigenvalue weighted by Gasteiger charge is 2.47. The largest absolute Gasteiger partial charge is 0.507 e. The Labute approximate surface area is 230 Å². The predicted octanol–water partition coefficient (Wildman–Crippen LogP) is 7.13. The van der Waals surface area contributed by atoms with E-state index < -0.39 is 23.5 Å². The summed E-state index contributed by atoms with van der Waals surface area (Å²) in [4.78, 5) is 30.4. The molecule has 1 aliphatic rings. The van der Waals surface area contributed by atoms with E-state index in [1.54, 1.807) is 24.3 Å². The number of rotatable bonds is 7. The number of carbonyl (C=O) groups excluding carboxylic acids is 2. The first-order valence-electron chi connectivity index (χ1n) is 11.7. The number of nitrogens with zero attached hydrogens (tertiary/aromatic N) is 2. The summed E-state index contributed by atoms with van der Waals surface area (Å²) in [6.45, 7) is 5.78. The zero-order valence-corrected chi connectivity index (χ0v) is 22.7. The molecule has 0 radical (unpaired) electrons. The van der Waals surface area contributed by atoms with Crippen molar-refractivity contribution >= 4 is 63.6 Å². The normalized spacial score (nSPS) is 16.8. The van der Waals surface area contributed by atoms with Crippen LogP contribution in [0, 0.1) is 0 Å². The molecule has 1 fully saturated rings. The molecule has 1 atom stereocenters. The summed E-state index contributed by atoms with van der Waals surface area (Å²) in [5.41, 5.74) is 2.04. The first kappa shape index (κ1) is 26.9. The third kappa shape index (κ3) is 5.01. The molecule has 1 aliphatic heterocycles. The van der Waals surface area contributed by atoms with Crippen molar-refractivity contribution in [2.45, 2.75) is 19.9 Å². The van der Waals surface area contributed by atoms with Gasteiger partial charge in [-0.05, 0) is 61.9 Å². The van der Waals surface area contributed by atoms with E-state index in [2.05, 4.69) is 18.7 Å². The van der Waals surface area contributed by atoms with Crippen LogP contribution in [-0.4, -0.2) is 37.0 Å². The van der Waals surface area contributed by atoms with Crippen molar-refractivity contribution in [1.82, 2.24) is 0 Å². The summed E-state index contributed by atoms with van der Waals surface area (Å²) >= 11 is 18.7. The number of Topliss-reactive ketones (excluding diaryl/α,β-unsaturated/α-hetero) is 1. The fourth-order valence-electron chi connectivity index (χ4n) is 4.59. The van der Waals surface area contributed by atoms with Gasteiger partial charge in [0.15, 0.2) is 0 Å². The van der Waals surface area contributed by atoms with Crippen molar-refractivity contribution in [1.29, 1.82) is 0 Å². The standard InChI is InChI=1S/C28H25Cl3N2O4/c1-4-32(5-2)19-11-9-16(10-12-19)24-23(25(34)21-14-18(30)15-22(31)27(21)37-3)26(35)28(36)33(24)20-8-6-7-17(29)13-20/h6-15,24,34H,4-5H2,1-3H3/b25-23+. The maximum absolute atomic E-state index is 13.5. The number of carbonyl (C=O) groups is 2. The van der Waals surface area contributed by atoms with E-state index in [0.29, 0.717) is 16.3 Å². The minimum atomic E-state index is -0.938. The van der Waals surface area contributed by atoms with Crippen LogP contribution in [0.1, 0.15) is 31.0 Å². The Morgan fingerprint density at radius 2 is 1.65 bits per heavy atom. The molecule has 3 aromatic rings. The molecule has 1 amide bonds. The number of ketones is 1. The molecule has 9 heteroatoms. The maximum atomic E-state index is 13.5. The van der Waals surface area contributed by atoms with Crippen LogP contribution >= 0.6 is 34.8 Å². The summed E-state index contributed by atoms with van der Waals surface area (Å²) in [6.07, 6.45) is 0. The Morgan fingerprint density at radius 3 is 2.24 bits per heavy atom. The van der Waals surface area contributed by atoms with Gasteiger partial charge in [-0.25, -0.2) is 0 Å². The fourth-order valence-corrected chi connectivity index (χ4v) is 5.34. The molecule has 3 aromatic carbocycles. The Balaban J connectivity index is 1.97. The monoisotopic (exact) mass is 558 g/mol. The maximum Gasteiger partial charge on any atom is 0.300 e. The molecule has 192 valence electrons. The van der Waals surface area contributed by atoms with Crippen LogP contribution in [0.25, 0.3) is 5.76 Å². The molecule has 4 rings (SSSR count). The van der Waals surface area contributed by atoms with Gasteiger partial charge in [-0.15, -0.1) is 0 Å². The van der Waals surface area contributed by atoms with E-state index in [1.165, 1.54) is 24.1 Å². The van der Waals surface area contributed by atoms with Crippen molar-refractivity contribution in [2.24, 2.45) is 0 Å². The number of aliphatic hydroxyl groups is 1. The first-order valence-corrected chi connectivity index (χ1v) is 12.8. The van der Waals surface area contributed by atoms with Crippen LogP contribution in [0.4, 0.5) is 11.4 Å². The smallest absolute Gasteiger partial charge is 0.300 e. The SMILES string of the molecule is CCN(CC)c1ccc(C2/C(=C(\O)c3cc(Cl)cc(Cl)c3OC)C(=O)C(=O)N2c2cccc(Cl)c2)cc1. The summed E-state index contributed by atoms with van der Waals surface area (Å²) in [7, 11) is 1.39. The highest BCUT2D eigenvalue weighted by molar-refractivity contribution is 6.52. The van der Waals surface area contributed by atoms with Crippen LogP contribution in [0.15, 0.2) is 66.2 Å². The molecule has 1 N–H and O–H groups in total. The van der Waals surface area contributed by atoms with Gasteiger partial charge in [0.2, 0.25) is 0 Å². The van der Waals surface area contributed by atoms with E-state index >= 15 is 0 Å². The van der Waals surface area contributed by atoms with Crippen LogP contribution < -0.4 is 14.5 Å². The number of methoxy groups -OCH3 is 1. The lowest BCUT2D eigenvalue weighted by atomic mass is 9.94. The number of hydrogen-bond donors (Lipinski definition) is 1. The number of anilines is 2. The number of amides is 1. The Morgan fingerprint density at radius 1 is 0.973 bits per heavy atom. The van der Waals surface area contributed by atoms with Gasteiger partial charge in [-0.1, -0.05) is 53.0 Å². The van der Waals surface area contributed by atoms with Gasteiger partial charge in [0.05, 0.1) is 29.3 Å². The van der Waals surface area contributed by atoms with E-state index in [4.69, 9.17) is 39.5 Å². The quantitative estimate of drug-likeness (QED) is 0.189. The number of hydrogen-bond acceptors (Lipinski definition) is 5. The topological polar surface area (TPSA) is 70.1 Å². The van der Waals surface area contributed by atoms with Gasteiger partial charge in [0.25, 0.3) is 11.7 Å². The van der Waals surface area contributed by atoms with Gasteiger partial charge < -0.3 is 14.7 Å². The Hall–Kier alpha value is -3.19. The molecule has 0 spiro atoms. The molecular weight excluding hydrogens is 535 g/mol. The van der Waals surface area contributed by atoms with Gasteiger partial charge in [-0.3, -0.25) is 14.5 Å². The van der Waals surface area contributed by atoms with Gasteiger partial charge >= 0.3 is 0 Å². The van der Waals surface area contributed by atoms with Crippen LogP contribution in [0.2, 0.25) is 15.1 Å². The molecule has 1 unspecified atom stereocenters.